The molecule has 1 N–H and O–H groups in total. The summed E-state index contributed by atoms with van der Waals surface area (Å²) >= 11 is 0. The number of hydrogen-bond acceptors (Lipinski definition) is 6. The zero-order valence-corrected chi connectivity index (χ0v) is 18.3. The van der Waals surface area contributed by atoms with Crippen molar-refractivity contribution in [3.8, 4) is 17.4 Å². The van der Waals surface area contributed by atoms with E-state index in [0.717, 1.165) is 25.0 Å². The molecule has 3 heterocycles. The van der Waals surface area contributed by atoms with Crippen molar-refractivity contribution in [2.45, 2.75) is 25.8 Å². The van der Waals surface area contributed by atoms with Crippen molar-refractivity contribution in [1.82, 2.24) is 20.2 Å². The van der Waals surface area contributed by atoms with Gasteiger partial charge in [0.25, 0.3) is 5.91 Å². The number of amides is 2. The standard InChI is InChI=1S/C25H26N4O4/c30-23(28-17-19-9-4-5-13-26-19)18-29-15-6-1-7-16-32-21-11-2-3-12-22(21)33-24-20(25(29)31)10-8-14-27-24/h2-5,8-14H,1,6-7,15-18H2,(H,28,30). The lowest BCUT2D eigenvalue weighted by atomic mass is 10.2. The summed E-state index contributed by atoms with van der Waals surface area (Å²) in [5.41, 5.74) is 1.05. The lowest BCUT2D eigenvalue weighted by Crippen LogP contribution is -2.41. The Bertz CT molecular complexity index is 1090. The molecule has 33 heavy (non-hydrogen) atoms. The zero-order valence-electron chi connectivity index (χ0n) is 18.3. The molecular weight excluding hydrogens is 420 g/mol. The maximum atomic E-state index is 13.4. The first kappa shape index (κ1) is 22.3. The van der Waals surface area contributed by atoms with Crippen LogP contribution in [0.15, 0.2) is 67.0 Å². The maximum absolute atomic E-state index is 13.4. The third kappa shape index (κ3) is 6.06. The van der Waals surface area contributed by atoms with Crippen LogP contribution >= 0.6 is 0 Å². The summed E-state index contributed by atoms with van der Waals surface area (Å²) in [6, 6.07) is 16.2. The molecule has 1 aliphatic rings. The topological polar surface area (TPSA) is 93.7 Å². The van der Waals surface area contributed by atoms with Crippen LogP contribution in [-0.4, -0.2) is 46.4 Å². The molecule has 0 aliphatic carbocycles. The third-order valence-electron chi connectivity index (χ3n) is 5.20. The largest absolute Gasteiger partial charge is 0.490 e. The average Bonchev–Trinajstić information content (AvgIpc) is 2.86. The first-order valence-electron chi connectivity index (χ1n) is 11.0. The number of ether oxygens (including phenoxy) is 2. The van der Waals surface area contributed by atoms with Gasteiger partial charge in [-0.2, -0.15) is 0 Å². The molecule has 0 spiro atoms. The van der Waals surface area contributed by atoms with E-state index >= 15 is 0 Å². The van der Waals surface area contributed by atoms with E-state index in [4.69, 9.17) is 9.47 Å². The highest BCUT2D eigenvalue weighted by molar-refractivity contribution is 5.98. The van der Waals surface area contributed by atoms with Crippen LogP contribution in [0.2, 0.25) is 0 Å². The van der Waals surface area contributed by atoms with Gasteiger partial charge in [0, 0.05) is 18.9 Å². The van der Waals surface area contributed by atoms with Gasteiger partial charge in [0.1, 0.15) is 5.56 Å². The van der Waals surface area contributed by atoms with Gasteiger partial charge in [-0.25, -0.2) is 4.98 Å². The maximum Gasteiger partial charge on any atom is 0.259 e. The van der Waals surface area contributed by atoms with Crippen molar-refractivity contribution in [3.63, 3.8) is 0 Å². The van der Waals surface area contributed by atoms with Gasteiger partial charge in [-0.3, -0.25) is 14.6 Å². The van der Waals surface area contributed by atoms with Crippen LogP contribution in [0.5, 0.6) is 17.4 Å². The lowest BCUT2D eigenvalue weighted by Gasteiger charge is -2.23. The molecule has 0 bridgehead atoms. The first-order chi connectivity index (χ1) is 16.2. The number of nitrogens with zero attached hydrogens (tertiary/aromatic N) is 3. The summed E-state index contributed by atoms with van der Waals surface area (Å²) in [4.78, 5) is 36.1. The predicted molar refractivity (Wildman–Crippen MR) is 122 cm³/mol. The van der Waals surface area contributed by atoms with Gasteiger partial charge in [-0.15, -0.1) is 0 Å². The van der Waals surface area contributed by atoms with E-state index in [0.29, 0.717) is 36.8 Å². The Labute approximate surface area is 192 Å². The van der Waals surface area contributed by atoms with Crippen molar-refractivity contribution in [2.24, 2.45) is 0 Å². The third-order valence-corrected chi connectivity index (χ3v) is 5.20. The Hall–Kier alpha value is -3.94. The Kier molecular flexibility index (Phi) is 7.48. The number of hydrogen-bond donors (Lipinski definition) is 1. The van der Waals surface area contributed by atoms with Crippen LogP contribution in [-0.2, 0) is 11.3 Å². The highest BCUT2D eigenvalue weighted by Crippen LogP contribution is 2.32. The molecule has 1 aliphatic heterocycles. The highest BCUT2D eigenvalue weighted by atomic mass is 16.5. The quantitative estimate of drug-likeness (QED) is 0.658. The van der Waals surface area contributed by atoms with Gasteiger partial charge in [0.15, 0.2) is 11.5 Å². The molecule has 0 saturated heterocycles. The Morgan fingerprint density at radius 2 is 1.76 bits per heavy atom. The minimum absolute atomic E-state index is 0.0624. The van der Waals surface area contributed by atoms with Crippen LogP contribution in [0.4, 0.5) is 0 Å². The summed E-state index contributed by atoms with van der Waals surface area (Å²) in [6.45, 7) is 1.22. The summed E-state index contributed by atoms with van der Waals surface area (Å²) < 4.78 is 11.9. The highest BCUT2D eigenvalue weighted by Gasteiger charge is 2.24. The normalized spacial score (nSPS) is 14.3. The smallest absolute Gasteiger partial charge is 0.259 e. The number of carbonyl (C=O) groups excluding carboxylic acids is 2. The number of nitrogens with one attached hydrogen (secondary N) is 1. The van der Waals surface area contributed by atoms with Crippen molar-refractivity contribution in [3.05, 3.63) is 78.2 Å². The molecule has 3 aromatic rings. The number of para-hydroxylation sites is 2. The predicted octanol–water partition coefficient (Wildman–Crippen LogP) is 3.59. The Morgan fingerprint density at radius 1 is 0.939 bits per heavy atom. The molecule has 0 radical (unpaired) electrons. The zero-order chi connectivity index (χ0) is 22.9. The molecule has 2 aromatic heterocycles. The van der Waals surface area contributed by atoms with E-state index in [9.17, 15) is 9.59 Å². The van der Waals surface area contributed by atoms with Crippen LogP contribution < -0.4 is 14.8 Å². The second kappa shape index (κ2) is 11.1. The number of benzene rings is 1. The molecule has 8 nitrogen and oxygen atoms in total. The minimum Gasteiger partial charge on any atom is -0.490 e. The molecule has 0 saturated carbocycles. The number of fused-ring (bicyclic) bond motifs is 2. The molecule has 0 atom stereocenters. The van der Waals surface area contributed by atoms with Crippen LogP contribution in [0.3, 0.4) is 0 Å². The van der Waals surface area contributed by atoms with Crippen LogP contribution in [0.25, 0.3) is 0 Å². The van der Waals surface area contributed by atoms with Gasteiger partial charge in [0.2, 0.25) is 11.8 Å². The first-order valence-corrected chi connectivity index (χ1v) is 11.0. The Balaban J connectivity index is 1.54. The van der Waals surface area contributed by atoms with E-state index in [1.54, 1.807) is 35.5 Å². The fourth-order valence-electron chi connectivity index (χ4n) is 3.50. The summed E-state index contributed by atoms with van der Waals surface area (Å²) in [5.74, 6) is 0.717. The second-order valence-corrected chi connectivity index (χ2v) is 7.64. The SMILES string of the molecule is O=C(CN1CCCCCOc2ccccc2Oc2ncccc2C1=O)NCc1ccccn1. The van der Waals surface area contributed by atoms with Crippen LogP contribution in [0, 0.1) is 0 Å². The molecule has 8 heteroatoms. The molecule has 170 valence electrons. The van der Waals surface area contributed by atoms with E-state index in [1.807, 2.05) is 36.4 Å². The second-order valence-electron chi connectivity index (χ2n) is 7.64. The van der Waals surface area contributed by atoms with E-state index < -0.39 is 0 Å². The molecular formula is C25H26N4O4. The van der Waals surface area contributed by atoms with Crippen molar-refractivity contribution >= 4 is 11.8 Å². The van der Waals surface area contributed by atoms with E-state index in [1.165, 1.54) is 0 Å². The minimum atomic E-state index is -0.302. The fraction of sp³-hybridized carbons (Fsp3) is 0.280. The number of rotatable bonds is 4. The summed E-state index contributed by atoms with van der Waals surface area (Å²) in [6.07, 6.45) is 5.68. The molecule has 0 fully saturated rings. The van der Waals surface area contributed by atoms with Gasteiger partial charge in [0.05, 0.1) is 25.4 Å². The van der Waals surface area contributed by atoms with Crippen molar-refractivity contribution in [1.29, 1.82) is 0 Å². The molecule has 4 rings (SSSR count). The average molecular weight is 447 g/mol. The van der Waals surface area contributed by atoms with Crippen molar-refractivity contribution < 1.29 is 19.1 Å². The Morgan fingerprint density at radius 3 is 2.61 bits per heavy atom. The van der Waals surface area contributed by atoms with Gasteiger partial charge < -0.3 is 19.7 Å². The van der Waals surface area contributed by atoms with Gasteiger partial charge in [-0.05, 0) is 55.7 Å². The lowest BCUT2D eigenvalue weighted by molar-refractivity contribution is -0.122. The number of pyridine rings is 2. The monoisotopic (exact) mass is 446 g/mol. The number of carbonyl (C=O) groups is 2. The molecule has 2 amide bonds. The van der Waals surface area contributed by atoms with E-state index in [2.05, 4.69) is 15.3 Å². The summed E-state index contributed by atoms with van der Waals surface area (Å²) in [7, 11) is 0. The molecule has 0 unspecified atom stereocenters. The van der Waals surface area contributed by atoms with E-state index in [-0.39, 0.29) is 24.2 Å². The number of aromatic nitrogens is 2. The fourth-order valence-corrected chi connectivity index (χ4v) is 3.50. The summed E-state index contributed by atoms with van der Waals surface area (Å²) in [5, 5.41) is 2.84. The van der Waals surface area contributed by atoms with Gasteiger partial charge in [-0.1, -0.05) is 18.2 Å². The molecule has 1 aromatic carbocycles. The van der Waals surface area contributed by atoms with Crippen LogP contribution in [0.1, 0.15) is 35.3 Å². The van der Waals surface area contributed by atoms with Crippen molar-refractivity contribution in [2.75, 3.05) is 19.7 Å². The van der Waals surface area contributed by atoms with Gasteiger partial charge >= 0.3 is 0 Å².